The lowest BCUT2D eigenvalue weighted by Gasteiger charge is -2.07. The summed E-state index contributed by atoms with van der Waals surface area (Å²) in [5.41, 5.74) is 2.61. The van der Waals surface area contributed by atoms with Gasteiger partial charge in [0.2, 0.25) is 0 Å². The number of nitrogens with zero attached hydrogens (tertiary/aromatic N) is 1. The second kappa shape index (κ2) is 8.79. The SMILES string of the molecule is CCCCCSCCc1c(C)nc(-c2ccccc2)[nH]c1=O. The van der Waals surface area contributed by atoms with Crippen LogP contribution in [-0.4, -0.2) is 21.5 Å². The van der Waals surface area contributed by atoms with E-state index in [-0.39, 0.29) is 5.56 Å². The molecule has 0 saturated heterocycles. The fraction of sp³-hybridized carbons (Fsp3) is 0.444. The van der Waals surface area contributed by atoms with Crippen LogP contribution in [0.2, 0.25) is 0 Å². The van der Waals surface area contributed by atoms with Crippen molar-refractivity contribution in [3.63, 3.8) is 0 Å². The van der Waals surface area contributed by atoms with Gasteiger partial charge in [-0.2, -0.15) is 11.8 Å². The predicted molar refractivity (Wildman–Crippen MR) is 95.6 cm³/mol. The van der Waals surface area contributed by atoms with Gasteiger partial charge in [0.15, 0.2) is 0 Å². The van der Waals surface area contributed by atoms with Gasteiger partial charge in [-0.05, 0) is 31.3 Å². The number of thioether (sulfide) groups is 1. The van der Waals surface area contributed by atoms with E-state index in [0.717, 1.165) is 29.0 Å². The van der Waals surface area contributed by atoms with Crippen LogP contribution in [0.25, 0.3) is 11.4 Å². The normalized spacial score (nSPS) is 10.8. The fourth-order valence-electron chi connectivity index (χ4n) is 2.37. The maximum absolute atomic E-state index is 12.3. The molecule has 0 unspecified atom stereocenters. The Balaban J connectivity index is 2.00. The number of H-pyrrole nitrogens is 1. The van der Waals surface area contributed by atoms with Crippen molar-refractivity contribution in [2.75, 3.05) is 11.5 Å². The van der Waals surface area contributed by atoms with Crippen molar-refractivity contribution in [1.82, 2.24) is 9.97 Å². The number of benzene rings is 1. The third-order valence-corrected chi connectivity index (χ3v) is 4.73. The Morgan fingerprint density at radius 3 is 2.59 bits per heavy atom. The Hall–Kier alpha value is -1.55. The summed E-state index contributed by atoms with van der Waals surface area (Å²) < 4.78 is 0. The fourth-order valence-corrected chi connectivity index (χ4v) is 3.33. The molecular weight excluding hydrogens is 292 g/mol. The summed E-state index contributed by atoms with van der Waals surface area (Å²) in [6.45, 7) is 4.15. The molecule has 0 spiro atoms. The van der Waals surface area contributed by atoms with Crippen molar-refractivity contribution in [3.05, 3.63) is 51.9 Å². The Morgan fingerprint density at radius 2 is 1.91 bits per heavy atom. The van der Waals surface area contributed by atoms with E-state index in [1.807, 2.05) is 49.0 Å². The van der Waals surface area contributed by atoms with Gasteiger partial charge in [-0.25, -0.2) is 4.98 Å². The molecular formula is C18H24N2OS. The maximum Gasteiger partial charge on any atom is 0.254 e. The molecule has 3 nitrogen and oxygen atoms in total. The Morgan fingerprint density at radius 1 is 1.14 bits per heavy atom. The molecule has 2 rings (SSSR count). The van der Waals surface area contributed by atoms with Gasteiger partial charge >= 0.3 is 0 Å². The van der Waals surface area contributed by atoms with Gasteiger partial charge in [0.05, 0.1) is 0 Å². The number of aromatic nitrogens is 2. The van der Waals surface area contributed by atoms with E-state index in [0.29, 0.717) is 5.82 Å². The van der Waals surface area contributed by atoms with Gasteiger partial charge < -0.3 is 4.98 Å². The number of unbranched alkanes of at least 4 members (excludes halogenated alkanes) is 2. The highest BCUT2D eigenvalue weighted by molar-refractivity contribution is 7.99. The van der Waals surface area contributed by atoms with Gasteiger partial charge in [0.1, 0.15) is 5.82 Å². The van der Waals surface area contributed by atoms with Crippen LogP contribution in [-0.2, 0) is 6.42 Å². The first-order valence-corrected chi connectivity index (χ1v) is 9.10. The van der Waals surface area contributed by atoms with Crippen LogP contribution in [0.4, 0.5) is 0 Å². The number of rotatable bonds is 8. The Labute approximate surface area is 136 Å². The van der Waals surface area contributed by atoms with Crippen LogP contribution in [0.3, 0.4) is 0 Å². The second-order valence-electron chi connectivity index (χ2n) is 5.41. The molecule has 0 atom stereocenters. The first-order chi connectivity index (χ1) is 10.7. The van der Waals surface area contributed by atoms with E-state index in [4.69, 9.17) is 0 Å². The standard InChI is InChI=1S/C18H24N2OS/c1-3-4-8-12-22-13-11-16-14(2)19-17(20-18(16)21)15-9-6-5-7-10-15/h5-7,9-10H,3-4,8,11-13H2,1-2H3,(H,19,20,21). The summed E-state index contributed by atoms with van der Waals surface area (Å²) in [5, 5.41) is 0. The topological polar surface area (TPSA) is 45.8 Å². The summed E-state index contributed by atoms with van der Waals surface area (Å²) >= 11 is 1.93. The summed E-state index contributed by atoms with van der Waals surface area (Å²) in [6.07, 6.45) is 4.60. The van der Waals surface area contributed by atoms with Crippen molar-refractivity contribution >= 4 is 11.8 Å². The van der Waals surface area contributed by atoms with Crippen molar-refractivity contribution in [3.8, 4) is 11.4 Å². The van der Waals surface area contributed by atoms with Crippen molar-refractivity contribution < 1.29 is 0 Å². The molecule has 0 radical (unpaired) electrons. The Kier molecular flexibility index (Phi) is 6.72. The van der Waals surface area contributed by atoms with Crippen LogP contribution in [0.5, 0.6) is 0 Å². The zero-order chi connectivity index (χ0) is 15.8. The van der Waals surface area contributed by atoms with Crippen molar-refractivity contribution in [2.45, 2.75) is 39.5 Å². The number of aromatic amines is 1. The third-order valence-electron chi connectivity index (χ3n) is 3.66. The molecule has 1 N–H and O–H groups in total. The molecule has 22 heavy (non-hydrogen) atoms. The largest absolute Gasteiger partial charge is 0.306 e. The van der Waals surface area contributed by atoms with E-state index >= 15 is 0 Å². The number of hydrogen-bond acceptors (Lipinski definition) is 3. The molecule has 1 aromatic heterocycles. The van der Waals surface area contributed by atoms with Crippen LogP contribution in [0.1, 0.15) is 37.4 Å². The molecule has 0 aliphatic rings. The number of nitrogens with one attached hydrogen (secondary N) is 1. The first kappa shape index (κ1) is 16.8. The van der Waals surface area contributed by atoms with Crippen LogP contribution in [0, 0.1) is 6.92 Å². The summed E-state index contributed by atoms with van der Waals surface area (Å²) in [5.74, 6) is 2.82. The van der Waals surface area contributed by atoms with E-state index in [1.54, 1.807) is 0 Å². The maximum atomic E-state index is 12.3. The van der Waals surface area contributed by atoms with Crippen LogP contribution >= 0.6 is 11.8 Å². The second-order valence-corrected chi connectivity index (χ2v) is 6.64. The van der Waals surface area contributed by atoms with Gasteiger partial charge in [0, 0.05) is 16.8 Å². The molecule has 0 bridgehead atoms. The van der Waals surface area contributed by atoms with Crippen molar-refractivity contribution in [1.29, 1.82) is 0 Å². The zero-order valence-corrected chi connectivity index (χ0v) is 14.2. The van der Waals surface area contributed by atoms with Gasteiger partial charge in [-0.3, -0.25) is 4.79 Å². The van der Waals surface area contributed by atoms with Gasteiger partial charge in [-0.1, -0.05) is 50.1 Å². The molecule has 1 aromatic carbocycles. The average Bonchev–Trinajstić information content (AvgIpc) is 2.53. The minimum atomic E-state index is 0.000473. The van der Waals surface area contributed by atoms with Gasteiger partial charge in [0.25, 0.3) is 5.56 Å². The first-order valence-electron chi connectivity index (χ1n) is 7.95. The van der Waals surface area contributed by atoms with E-state index in [1.165, 1.54) is 25.0 Å². The molecule has 2 aromatic rings. The quantitative estimate of drug-likeness (QED) is 0.742. The molecule has 4 heteroatoms. The van der Waals surface area contributed by atoms with E-state index in [2.05, 4.69) is 16.9 Å². The lowest BCUT2D eigenvalue weighted by molar-refractivity contribution is 0.778. The summed E-state index contributed by atoms with van der Waals surface area (Å²) in [7, 11) is 0. The molecule has 0 amide bonds. The molecule has 0 aliphatic carbocycles. The minimum Gasteiger partial charge on any atom is -0.306 e. The summed E-state index contributed by atoms with van der Waals surface area (Å²) in [4.78, 5) is 19.8. The van der Waals surface area contributed by atoms with Gasteiger partial charge in [-0.15, -0.1) is 0 Å². The van der Waals surface area contributed by atoms with Crippen molar-refractivity contribution in [2.24, 2.45) is 0 Å². The molecule has 1 heterocycles. The molecule has 0 aliphatic heterocycles. The van der Waals surface area contributed by atoms with Crippen LogP contribution < -0.4 is 5.56 Å². The monoisotopic (exact) mass is 316 g/mol. The molecule has 0 saturated carbocycles. The van der Waals surface area contributed by atoms with E-state index in [9.17, 15) is 4.79 Å². The molecule has 118 valence electrons. The predicted octanol–water partition coefficient (Wildman–Crippen LogP) is 4.21. The Bertz CT molecular complexity index is 637. The zero-order valence-electron chi connectivity index (χ0n) is 13.4. The lowest BCUT2D eigenvalue weighted by atomic mass is 10.1. The number of aryl methyl sites for hydroxylation is 1. The number of hydrogen-bond donors (Lipinski definition) is 1. The lowest BCUT2D eigenvalue weighted by Crippen LogP contribution is -2.18. The average molecular weight is 316 g/mol. The van der Waals surface area contributed by atoms with E-state index < -0.39 is 0 Å². The third kappa shape index (κ3) is 4.73. The highest BCUT2D eigenvalue weighted by atomic mass is 32.2. The highest BCUT2D eigenvalue weighted by Crippen LogP contribution is 2.15. The smallest absolute Gasteiger partial charge is 0.254 e. The van der Waals surface area contributed by atoms with Crippen LogP contribution in [0.15, 0.2) is 35.1 Å². The highest BCUT2D eigenvalue weighted by Gasteiger charge is 2.09. The summed E-state index contributed by atoms with van der Waals surface area (Å²) in [6, 6.07) is 9.78. The minimum absolute atomic E-state index is 0.000473. The molecule has 0 fully saturated rings.